The van der Waals surface area contributed by atoms with Crippen LogP contribution in [0.2, 0.25) is 0 Å². The molecule has 0 aliphatic carbocycles. The number of nitrogens with two attached hydrogens (primary N) is 1. The predicted molar refractivity (Wildman–Crippen MR) is 102 cm³/mol. The van der Waals surface area contributed by atoms with Gasteiger partial charge in [0.2, 0.25) is 0 Å². The second kappa shape index (κ2) is 8.12. The molecule has 0 saturated carbocycles. The Hall–Kier alpha value is -1.12. The first kappa shape index (κ1) is 18.2. The van der Waals surface area contributed by atoms with Crippen molar-refractivity contribution in [3.63, 3.8) is 0 Å². The molecule has 124 valence electrons. The van der Waals surface area contributed by atoms with Crippen molar-refractivity contribution in [3.8, 4) is 5.75 Å². The highest BCUT2D eigenvalue weighted by atomic mass is 127. The van der Waals surface area contributed by atoms with Crippen molar-refractivity contribution in [1.82, 2.24) is 0 Å². The lowest BCUT2D eigenvalue weighted by atomic mass is 9.87. The summed E-state index contributed by atoms with van der Waals surface area (Å²) in [6.07, 6.45) is 1.95. The molecule has 6 heteroatoms. The van der Waals surface area contributed by atoms with Crippen molar-refractivity contribution in [3.05, 3.63) is 65.2 Å². The van der Waals surface area contributed by atoms with Crippen LogP contribution in [0.1, 0.15) is 29.0 Å². The summed E-state index contributed by atoms with van der Waals surface area (Å²) in [5, 5.41) is 0. The molecule has 2 aromatic carbocycles. The fourth-order valence-corrected chi connectivity index (χ4v) is 3.63. The lowest BCUT2D eigenvalue weighted by Crippen LogP contribution is -2.11. The molecular formula is C17H20INO3S. The molecular weight excluding hydrogens is 425 g/mol. The van der Waals surface area contributed by atoms with Crippen LogP contribution >= 0.6 is 22.6 Å². The van der Waals surface area contributed by atoms with Crippen LogP contribution in [0, 0.1) is 0 Å². The van der Waals surface area contributed by atoms with E-state index in [1.807, 2.05) is 24.3 Å². The third-order valence-corrected chi connectivity index (χ3v) is 4.63. The quantitative estimate of drug-likeness (QED) is 0.403. The predicted octanol–water partition coefficient (Wildman–Crippen LogP) is 3.44. The second-order valence-electron chi connectivity index (χ2n) is 5.30. The third kappa shape index (κ3) is 5.19. The van der Waals surface area contributed by atoms with E-state index in [2.05, 4.69) is 34.7 Å². The molecule has 23 heavy (non-hydrogen) atoms. The van der Waals surface area contributed by atoms with Gasteiger partial charge < -0.3 is 9.92 Å². The van der Waals surface area contributed by atoms with Gasteiger partial charge in [0.1, 0.15) is 5.75 Å². The molecule has 0 heterocycles. The summed E-state index contributed by atoms with van der Waals surface area (Å²) in [4.78, 5) is 0. The number of alkyl halides is 1. The molecule has 0 spiro atoms. The van der Waals surface area contributed by atoms with Crippen LogP contribution in [0.4, 0.5) is 0 Å². The molecule has 1 unspecified atom stereocenters. The average Bonchev–Trinajstić information content (AvgIpc) is 2.53. The lowest BCUT2D eigenvalue weighted by Gasteiger charge is -2.21. The highest BCUT2D eigenvalue weighted by Crippen LogP contribution is 2.36. The Bertz CT molecular complexity index is 748. The van der Waals surface area contributed by atoms with Crippen LogP contribution in [0.3, 0.4) is 0 Å². The van der Waals surface area contributed by atoms with Gasteiger partial charge in [0, 0.05) is 22.5 Å². The maximum Gasteiger partial charge on any atom is 0.306 e. The summed E-state index contributed by atoms with van der Waals surface area (Å²) in [6, 6.07) is 15.5. The van der Waals surface area contributed by atoms with E-state index in [0.717, 1.165) is 33.8 Å². The van der Waals surface area contributed by atoms with E-state index in [-0.39, 0.29) is 5.92 Å². The molecule has 0 bridgehead atoms. The van der Waals surface area contributed by atoms with Crippen LogP contribution in [-0.4, -0.2) is 19.1 Å². The molecule has 1 atom stereocenters. The fourth-order valence-electron chi connectivity index (χ4n) is 2.53. The van der Waals surface area contributed by atoms with E-state index in [0.29, 0.717) is 12.3 Å². The SMILES string of the molecule is CS(=O)(=O)Oc1ccc(CN)cc1C(CCI)c1ccccc1. The lowest BCUT2D eigenvalue weighted by molar-refractivity contribution is 0.487. The second-order valence-corrected chi connectivity index (χ2v) is 7.96. The summed E-state index contributed by atoms with van der Waals surface area (Å²) in [5.41, 5.74) is 8.70. The minimum atomic E-state index is -3.58. The molecule has 2 aromatic rings. The van der Waals surface area contributed by atoms with Crippen LogP contribution < -0.4 is 9.92 Å². The molecule has 0 saturated heterocycles. The van der Waals surface area contributed by atoms with Gasteiger partial charge in [-0.25, -0.2) is 0 Å². The monoisotopic (exact) mass is 445 g/mol. The standard InChI is InChI=1S/C17H20INO3S/c1-23(20,21)22-17-8-7-13(12-19)11-16(17)15(9-10-18)14-5-3-2-4-6-14/h2-8,11,15H,9-10,12,19H2,1H3. The Kier molecular flexibility index (Phi) is 6.43. The van der Waals surface area contributed by atoms with Gasteiger partial charge in [-0.05, 0) is 23.6 Å². The third-order valence-electron chi connectivity index (χ3n) is 3.53. The van der Waals surface area contributed by atoms with Gasteiger partial charge in [0.25, 0.3) is 0 Å². The molecule has 0 aliphatic heterocycles. The number of hydrogen-bond acceptors (Lipinski definition) is 4. The van der Waals surface area contributed by atoms with Crippen LogP contribution in [-0.2, 0) is 16.7 Å². The zero-order valence-electron chi connectivity index (χ0n) is 12.9. The van der Waals surface area contributed by atoms with Gasteiger partial charge in [0.05, 0.1) is 6.26 Å². The molecule has 2 N–H and O–H groups in total. The van der Waals surface area contributed by atoms with E-state index in [4.69, 9.17) is 9.92 Å². The normalized spacial score (nSPS) is 12.8. The molecule has 0 amide bonds. The zero-order chi connectivity index (χ0) is 16.9. The number of rotatable bonds is 7. The zero-order valence-corrected chi connectivity index (χ0v) is 15.9. The maximum atomic E-state index is 11.6. The van der Waals surface area contributed by atoms with E-state index < -0.39 is 10.1 Å². The van der Waals surface area contributed by atoms with Gasteiger partial charge in [-0.3, -0.25) is 0 Å². The van der Waals surface area contributed by atoms with E-state index >= 15 is 0 Å². The highest BCUT2D eigenvalue weighted by molar-refractivity contribution is 14.1. The van der Waals surface area contributed by atoms with Gasteiger partial charge >= 0.3 is 10.1 Å². The van der Waals surface area contributed by atoms with Crippen LogP contribution in [0.25, 0.3) is 0 Å². The number of halogens is 1. The summed E-state index contributed by atoms with van der Waals surface area (Å²) >= 11 is 2.33. The molecule has 2 rings (SSSR count). The van der Waals surface area contributed by atoms with Crippen molar-refractivity contribution in [2.75, 3.05) is 10.7 Å². The Labute approximate surface area is 151 Å². The Morgan fingerprint density at radius 2 is 1.87 bits per heavy atom. The van der Waals surface area contributed by atoms with Crippen molar-refractivity contribution in [2.45, 2.75) is 18.9 Å². The fraction of sp³-hybridized carbons (Fsp3) is 0.294. The van der Waals surface area contributed by atoms with Gasteiger partial charge in [-0.15, -0.1) is 0 Å². The van der Waals surface area contributed by atoms with Crippen molar-refractivity contribution in [1.29, 1.82) is 0 Å². The summed E-state index contributed by atoms with van der Waals surface area (Å²) in [7, 11) is -3.58. The molecule has 4 nitrogen and oxygen atoms in total. The Balaban J connectivity index is 2.55. The van der Waals surface area contributed by atoms with Gasteiger partial charge in [-0.1, -0.05) is 65.1 Å². The Morgan fingerprint density at radius 1 is 1.17 bits per heavy atom. The summed E-state index contributed by atoms with van der Waals surface area (Å²) < 4.78 is 29.3. The smallest absolute Gasteiger partial charge is 0.306 e. The van der Waals surface area contributed by atoms with Crippen molar-refractivity contribution < 1.29 is 12.6 Å². The Morgan fingerprint density at radius 3 is 2.43 bits per heavy atom. The van der Waals surface area contributed by atoms with E-state index in [1.54, 1.807) is 12.1 Å². The van der Waals surface area contributed by atoms with Crippen LogP contribution in [0.15, 0.2) is 48.5 Å². The van der Waals surface area contributed by atoms with Gasteiger partial charge in [-0.2, -0.15) is 8.42 Å². The summed E-state index contributed by atoms with van der Waals surface area (Å²) in [5.74, 6) is 0.444. The minimum absolute atomic E-state index is 0.0661. The maximum absolute atomic E-state index is 11.6. The first-order chi connectivity index (χ1) is 10.9. The molecule has 0 radical (unpaired) electrons. The molecule has 0 fully saturated rings. The van der Waals surface area contributed by atoms with Gasteiger partial charge in [0.15, 0.2) is 0 Å². The largest absolute Gasteiger partial charge is 0.382 e. The molecule has 0 aromatic heterocycles. The first-order valence-corrected chi connectivity index (χ1v) is 10.6. The minimum Gasteiger partial charge on any atom is -0.382 e. The highest BCUT2D eigenvalue weighted by Gasteiger charge is 2.20. The van der Waals surface area contributed by atoms with Crippen molar-refractivity contribution in [2.24, 2.45) is 5.73 Å². The first-order valence-electron chi connectivity index (χ1n) is 7.28. The van der Waals surface area contributed by atoms with E-state index in [1.165, 1.54) is 0 Å². The van der Waals surface area contributed by atoms with E-state index in [9.17, 15) is 8.42 Å². The average molecular weight is 445 g/mol. The van der Waals surface area contributed by atoms with Crippen LogP contribution in [0.5, 0.6) is 5.75 Å². The summed E-state index contributed by atoms with van der Waals surface area (Å²) in [6.45, 7) is 0.401. The number of benzene rings is 2. The number of hydrogen-bond donors (Lipinski definition) is 1. The van der Waals surface area contributed by atoms with Crippen molar-refractivity contribution >= 4 is 32.7 Å². The topological polar surface area (TPSA) is 69.4 Å². The molecule has 0 aliphatic rings.